The second-order valence-electron chi connectivity index (χ2n) is 1.38. The minimum absolute atomic E-state index is 0.0353. The van der Waals surface area contributed by atoms with Crippen LogP contribution < -0.4 is 16.4 Å². The highest BCUT2D eigenvalue weighted by molar-refractivity contribution is 7.80. The van der Waals surface area contributed by atoms with Crippen LogP contribution in [0.3, 0.4) is 0 Å². The molecule has 0 radical (unpaired) electrons. The van der Waals surface area contributed by atoms with Crippen LogP contribution in [0, 0.1) is 11.5 Å². The molecule has 0 aromatic carbocycles. The van der Waals surface area contributed by atoms with Crippen LogP contribution in [0.25, 0.3) is 0 Å². The first kappa shape index (κ1) is 8.65. The van der Waals surface area contributed by atoms with E-state index in [1.807, 2.05) is 5.32 Å². The first-order chi connectivity index (χ1) is 4.66. The number of carbonyl (C=O) groups is 1. The highest BCUT2D eigenvalue weighted by Gasteiger charge is 1.97. The zero-order valence-electron chi connectivity index (χ0n) is 5.05. The molecule has 0 rings (SSSR count). The average Bonchev–Trinajstić information content (AvgIpc) is 1.85. The maximum absolute atomic E-state index is 10.4. The molecule has 6 heteroatoms. The first-order valence-electron chi connectivity index (χ1n) is 2.38. The predicted octanol–water partition coefficient (Wildman–Crippen LogP) is -1.58. The summed E-state index contributed by atoms with van der Waals surface area (Å²) in [5.74, 6) is -0.463. The molecule has 0 heterocycles. The maximum Gasteiger partial charge on any atom is 0.252 e. The van der Waals surface area contributed by atoms with Gasteiger partial charge in [0, 0.05) is 0 Å². The van der Waals surface area contributed by atoms with Gasteiger partial charge in [0.2, 0.25) is 0 Å². The average molecular weight is 158 g/mol. The van der Waals surface area contributed by atoms with Crippen molar-refractivity contribution in [3.63, 3.8) is 0 Å². The van der Waals surface area contributed by atoms with Crippen LogP contribution in [0.2, 0.25) is 0 Å². The Kier molecular flexibility index (Phi) is 3.91. The molecule has 4 N–H and O–H groups in total. The van der Waals surface area contributed by atoms with Gasteiger partial charge in [-0.2, -0.15) is 5.26 Å². The summed E-state index contributed by atoms with van der Waals surface area (Å²) in [7, 11) is 0. The smallest absolute Gasteiger partial charge is 0.252 e. The molecule has 0 bridgehead atoms. The zero-order valence-corrected chi connectivity index (χ0v) is 5.86. The van der Waals surface area contributed by atoms with Crippen LogP contribution in [-0.2, 0) is 4.79 Å². The molecule has 0 atom stereocenters. The molecule has 10 heavy (non-hydrogen) atoms. The van der Waals surface area contributed by atoms with E-state index in [9.17, 15) is 4.79 Å². The number of nitrogens with one attached hydrogen (secondary N) is 2. The number of nitrogens with zero attached hydrogens (tertiary/aromatic N) is 1. The molecule has 0 aliphatic carbocycles. The van der Waals surface area contributed by atoms with Crippen LogP contribution in [0.15, 0.2) is 0 Å². The van der Waals surface area contributed by atoms with Crippen LogP contribution >= 0.6 is 12.2 Å². The molecule has 0 saturated heterocycles. The summed E-state index contributed by atoms with van der Waals surface area (Å²) in [6.45, 7) is -0.0666. The van der Waals surface area contributed by atoms with Crippen molar-refractivity contribution in [1.82, 2.24) is 10.6 Å². The fraction of sp³-hybridized carbons (Fsp3) is 0.250. The number of hydrogen-bond acceptors (Lipinski definition) is 3. The van der Waals surface area contributed by atoms with Gasteiger partial charge in [-0.1, -0.05) is 0 Å². The zero-order chi connectivity index (χ0) is 7.98. The van der Waals surface area contributed by atoms with E-state index in [0.29, 0.717) is 0 Å². The third-order valence-corrected chi connectivity index (χ3v) is 0.763. The third-order valence-electron chi connectivity index (χ3n) is 0.618. The normalized spacial score (nSPS) is 7.50. The van der Waals surface area contributed by atoms with Crippen molar-refractivity contribution in [3.8, 4) is 6.19 Å². The predicted molar refractivity (Wildman–Crippen MR) is 38.5 cm³/mol. The second kappa shape index (κ2) is 4.52. The Bertz CT molecular complexity index is 184. The summed E-state index contributed by atoms with van der Waals surface area (Å²) in [4.78, 5) is 10.4. The van der Waals surface area contributed by atoms with Crippen molar-refractivity contribution < 1.29 is 4.79 Å². The molecule has 54 valence electrons. The highest BCUT2D eigenvalue weighted by atomic mass is 32.1. The van der Waals surface area contributed by atoms with E-state index < -0.39 is 5.91 Å². The van der Waals surface area contributed by atoms with Crippen molar-refractivity contribution in [2.45, 2.75) is 0 Å². The van der Waals surface area contributed by atoms with Crippen molar-refractivity contribution >= 4 is 23.2 Å². The van der Waals surface area contributed by atoms with Gasteiger partial charge < -0.3 is 11.1 Å². The van der Waals surface area contributed by atoms with E-state index in [4.69, 9.17) is 11.0 Å². The number of thiocarbonyl (C=S) groups is 1. The van der Waals surface area contributed by atoms with Crippen molar-refractivity contribution in [1.29, 1.82) is 5.26 Å². The van der Waals surface area contributed by atoms with Gasteiger partial charge >= 0.3 is 0 Å². The van der Waals surface area contributed by atoms with Crippen LogP contribution in [0.4, 0.5) is 0 Å². The molecule has 1 amide bonds. The lowest BCUT2D eigenvalue weighted by atomic mass is 10.6. The summed E-state index contributed by atoms with van der Waals surface area (Å²) in [6, 6.07) is 0. The Morgan fingerprint density at radius 3 is 2.80 bits per heavy atom. The lowest BCUT2D eigenvalue weighted by Crippen LogP contribution is -2.37. The number of rotatable bonds is 2. The van der Waals surface area contributed by atoms with E-state index in [1.165, 1.54) is 6.19 Å². The molecule has 0 aromatic rings. The number of amides is 1. The van der Waals surface area contributed by atoms with E-state index in [0.717, 1.165) is 0 Å². The second-order valence-corrected chi connectivity index (χ2v) is 1.82. The minimum Gasteiger partial charge on any atom is -0.376 e. The Hall–Kier alpha value is -1.35. The summed E-state index contributed by atoms with van der Waals surface area (Å²) >= 11 is 4.40. The summed E-state index contributed by atoms with van der Waals surface area (Å²) in [5.41, 5.74) is 4.99. The van der Waals surface area contributed by atoms with Gasteiger partial charge in [-0.25, -0.2) is 0 Å². The number of hydrogen-bond donors (Lipinski definition) is 3. The maximum atomic E-state index is 10.4. The topological polar surface area (TPSA) is 90.9 Å². The van der Waals surface area contributed by atoms with E-state index in [2.05, 4.69) is 17.5 Å². The van der Waals surface area contributed by atoms with Crippen LogP contribution in [-0.4, -0.2) is 17.6 Å². The molecule has 0 aromatic heterocycles. The monoisotopic (exact) mass is 158 g/mol. The molecule has 0 aliphatic heterocycles. The first-order valence-corrected chi connectivity index (χ1v) is 2.79. The van der Waals surface area contributed by atoms with Crippen molar-refractivity contribution in [2.75, 3.05) is 6.54 Å². The lowest BCUT2D eigenvalue weighted by Gasteiger charge is -1.98. The number of nitriles is 1. The lowest BCUT2D eigenvalue weighted by molar-refractivity contribution is -0.118. The largest absolute Gasteiger partial charge is 0.376 e. The molecule has 5 nitrogen and oxygen atoms in total. The number of carbonyl (C=O) groups excluding carboxylic acids is 1. The van der Waals surface area contributed by atoms with Gasteiger partial charge in [-0.05, 0) is 12.2 Å². The quantitative estimate of drug-likeness (QED) is 0.256. The van der Waals surface area contributed by atoms with Crippen LogP contribution in [0.5, 0.6) is 0 Å². The summed E-state index contributed by atoms with van der Waals surface area (Å²) < 4.78 is 0. The highest BCUT2D eigenvalue weighted by Crippen LogP contribution is 1.61. The van der Waals surface area contributed by atoms with E-state index >= 15 is 0 Å². The van der Waals surface area contributed by atoms with Gasteiger partial charge in [0.25, 0.3) is 5.91 Å². The SMILES string of the molecule is N#CNC(=O)CNC(N)=S. The fourth-order valence-electron chi connectivity index (χ4n) is 0.274. The van der Waals surface area contributed by atoms with E-state index in [-0.39, 0.29) is 11.7 Å². The molecular weight excluding hydrogens is 152 g/mol. The third kappa shape index (κ3) is 4.80. The standard InChI is InChI=1S/C4H6N4OS/c5-2-8-3(9)1-7-4(6)10/h1H2,(H,8,9)(H3,6,7,10). The Labute approximate surface area is 63.2 Å². The van der Waals surface area contributed by atoms with Gasteiger partial charge in [0.1, 0.15) is 0 Å². The molecule has 0 saturated carbocycles. The minimum atomic E-state index is -0.463. The van der Waals surface area contributed by atoms with Crippen LogP contribution in [0.1, 0.15) is 0 Å². The molecule has 0 aliphatic rings. The Morgan fingerprint density at radius 1 is 1.80 bits per heavy atom. The van der Waals surface area contributed by atoms with E-state index in [1.54, 1.807) is 0 Å². The van der Waals surface area contributed by atoms with Gasteiger partial charge in [0.05, 0.1) is 6.54 Å². The Balaban J connectivity index is 3.42. The summed E-state index contributed by atoms with van der Waals surface area (Å²) in [5, 5.41) is 12.2. The summed E-state index contributed by atoms with van der Waals surface area (Å²) in [6.07, 6.45) is 1.47. The number of nitrogens with two attached hydrogens (primary N) is 1. The van der Waals surface area contributed by atoms with Gasteiger partial charge in [-0.3, -0.25) is 10.1 Å². The van der Waals surface area contributed by atoms with Crippen molar-refractivity contribution in [3.05, 3.63) is 0 Å². The molecule has 0 fully saturated rings. The molecular formula is C4H6N4OS. The molecule has 0 unspecified atom stereocenters. The molecule has 0 spiro atoms. The van der Waals surface area contributed by atoms with Crippen molar-refractivity contribution in [2.24, 2.45) is 5.73 Å². The Morgan fingerprint density at radius 2 is 2.40 bits per heavy atom. The van der Waals surface area contributed by atoms with Gasteiger partial charge in [0.15, 0.2) is 11.3 Å². The van der Waals surface area contributed by atoms with Gasteiger partial charge in [-0.15, -0.1) is 0 Å². The fourth-order valence-corrected chi connectivity index (χ4v) is 0.346.